The SMILES string of the molecule is NC(=O)c1ccc(OCCC(=O)N2CCCC(N3CCNCC3=O)C2)cc1. The van der Waals surface area contributed by atoms with Crippen LogP contribution in [-0.2, 0) is 9.59 Å². The molecule has 0 aromatic heterocycles. The third-order valence-electron chi connectivity index (χ3n) is 5.04. The molecule has 146 valence electrons. The number of benzene rings is 1. The van der Waals surface area contributed by atoms with E-state index in [0.717, 1.165) is 25.9 Å². The summed E-state index contributed by atoms with van der Waals surface area (Å²) in [4.78, 5) is 39.4. The Kier molecular flexibility index (Phi) is 6.28. The van der Waals surface area contributed by atoms with Gasteiger partial charge in [0.2, 0.25) is 17.7 Å². The van der Waals surface area contributed by atoms with Crippen LogP contribution in [0.25, 0.3) is 0 Å². The smallest absolute Gasteiger partial charge is 0.248 e. The molecule has 2 aliphatic heterocycles. The number of nitrogens with two attached hydrogens (primary N) is 1. The predicted molar refractivity (Wildman–Crippen MR) is 99.3 cm³/mol. The standard InChI is InChI=1S/C19H26N4O4/c20-19(26)14-3-5-16(6-4-14)27-11-7-17(24)22-9-1-2-15(13-22)23-10-8-21-12-18(23)25/h3-6,15,21H,1-2,7-13H2,(H2,20,26). The number of rotatable bonds is 6. The molecule has 8 nitrogen and oxygen atoms in total. The highest BCUT2D eigenvalue weighted by atomic mass is 16.5. The zero-order chi connectivity index (χ0) is 19.2. The fraction of sp³-hybridized carbons (Fsp3) is 0.526. The summed E-state index contributed by atoms with van der Waals surface area (Å²) in [7, 11) is 0. The molecule has 3 rings (SSSR count). The molecule has 2 heterocycles. The number of piperazine rings is 1. The molecule has 0 radical (unpaired) electrons. The minimum absolute atomic E-state index is 0.0380. The van der Waals surface area contributed by atoms with Gasteiger partial charge in [-0.1, -0.05) is 0 Å². The lowest BCUT2D eigenvalue weighted by molar-refractivity contribution is -0.140. The fourth-order valence-corrected chi connectivity index (χ4v) is 3.57. The molecule has 1 aromatic carbocycles. The van der Waals surface area contributed by atoms with Gasteiger partial charge in [0.05, 0.1) is 19.6 Å². The molecule has 3 N–H and O–H groups in total. The fourth-order valence-electron chi connectivity index (χ4n) is 3.57. The number of hydrogen-bond acceptors (Lipinski definition) is 5. The molecule has 27 heavy (non-hydrogen) atoms. The number of carbonyl (C=O) groups is 3. The summed E-state index contributed by atoms with van der Waals surface area (Å²) >= 11 is 0. The van der Waals surface area contributed by atoms with Gasteiger partial charge in [0.15, 0.2) is 0 Å². The Morgan fingerprint density at radius 2 is 2.00 bits per heavy atom. The first-order chi connectivity index (χ1) is 13.0. The number of piperidine rings is 1. The van der Waals surface area contributed by atoms with Gasteiger partial charge in [0.25, 0.3) is 0 Å². The molecule has 0 bridgehead atoms. The second-order valence-corrected chi connectivity index (χ2v) is 6.89. The average Bonchev–Trinajstić information content (AvgIpc) is 2.69. The van der Waals surface area contributed by atoms with Gasteiger partial charge in [-0.25, -0.2) is 0 Å². The summed E-state index contributed by atoms with van der Waals surface area (Å²) in [6.45, 7) is 3.48. The van der Waals surface area contributed by atoms with Crippen LogP contribution in [0.4, 0.5) is 0 Å². The Balaban J connectivity index is 1.46. The first-order valence-electron chi connectivity index (χ1n) is 9.35. The van der Waals surface area contributed by atoms with E-state index < -0.39 is 5.91 Å². The summed E-state index contributed by atoms with van der Waals surface area (Å²) in [6.07, 6.45) is 2.13. The van der Waals surface area contributed by atoms with Crippen LogP contribution in [0.3, 0.4) is 0 Å². The summed E-state index contributed by atoms with van der Waals surface area (Å²) in [5.41, 5.74) is 5.62. The van der Waals surface area contributed by atoms with Crippen LogP contribution in [0.5, 0.6) is 5.75 Å². The second kappa shape index (κ2) is 8.85. The summed E-state index contributed by atoms with van der Waals surface area (Å²) in [5, 5.41) is 3.08. The highest BCUT2D eigenvalue weighted by Crippen LogP contribution is 2.18. The summed E-state index contributed by atoms with van der Waals surface area (Å²) in [6, 6.07) is 6.63. The van der Waals surface area contributed by atoms with Crippen LogP contribution in [0.1, 0.15) is 29.6 Å². The van der Waals surface area contributed by atoms with Crippen LogP contribution in [-0.4, -0.2) is 72.9 Å². The number of carbonyl (C=O) groups excluding carboxylic acids is 3. The van der Waals surface area contributed by atoms with Gasteiger partial charge in [-0.2, -0.15) is 0 Å². The van der Waals surface area contributed by atoms with E-state index >= 15 is 0 Å². The number of likely N-dealkylation sites (tertiary alicyclic amines) is 1. The van der Waals surface area contributed by atoms with E-state index in [1.807, 2.05) is 9.80 Å². The Morgan fingerprint density at radius 3 is 2.70 bits per heavy atom. The maximum absolute atomic E-state index is 12.5. The van der Waals surface area contributed by atoms with Crippen LogP contribution in [0.15, 0.2) is 24.3 Å². The van der Waals surface area contributed by atoms with E-state index in [2.05, 4.69) is 5.32 Å². The molecule has 2 saturated heterocycles. The van der Waals surface area contributed by atoms with Crippen LogP contribution >= 0.6 is 0 Å². The van der Waals surface area contributed by atoms with Gasteiger partial charge in [-0.3, -0.25) is 14.4 Å². The van der Waals surface area contributed by atoms with Gasteiger partial charge in [-0.05, 0) is 37.1 Å². The molecule has 1 atom stereocenters. The quantitative estimate of drug-likeness (QED) is 0.728. The Hall–Kier alpha value is -2.61. The highest BCUT2D eigenvalue weighted by molar-refractivity contribution is 5.92. The van der Waals surface area contributed by atoms with Gasteiger partial charge < -0.3 is 25.6 Å². The maximum atomic E-state index is 12.5. The normalized spacial score (nSPS) is 20.4. The monoisotopic (exact) mass is 374 g/mol. The van der Waals surface area contributed by atoms with Crippen molar-refractivity contribution in [2.45, 2.75) is 25.3 Å². The van der Waals surface area contributed by atoms with E-state index in [1.54, 1.807) is 24.3 Å². The van der Waals surface area contributed by atoms with Crippen molar-refractivity contribution in [1.82, 2.24) is 15.1 Å². The molecule has 1 unspecified atom stereocenters. The van der Waals surface area contributed by atoms with Gasteiger partial charge in [0, 0.05) is 37.8 Å². The number of nitrogens with zero attached hydrogens (tertiary/aromatic N) is 2. The molecule has 0 saturated carbocycles. The van der Waals surface area contributed by atoms with E-state index in [1.165, 1.54) is 0 Å². The largest absolute Gasteiger partial charge is 0.493 e. The molecule has 8 heteroatoms. The van der Waals surface area contributed by atoms with Crippen LogP contribution in [0, 0.1) is 0 Å². The molecule has 1 aromatic rings. The van der Waals surface area contributed by atoms with Gasteiger partial charge in [0.1, 0.15) is 5.75 Å². The molecular formula is C19H26N4O4. The van der Waals surface area contributed by atoms with Crippen molar-refractivity contribution in [1.29, 1.82) is 0 Å². The lowest BCUT2D eigenvalue weighted by Crippen LogP contribution is -2.57. The Labute approximate surface area is 158 Å². The first kappa shape index (κ1) is 19.2. The minimum Gasteiger partial charge on any atom is -0.493 e. The van der Waals surface area contributed by atoms with Crippen molar-refractivity contribution in [3.05, 3.63) is 29.8 Å². The first-order valence-corrected chi connectivity index (χ1v) is 9.35. The number of amides is 3. The van der Waals surface area contributed by atoms with E-state index in [4.69, 9.17) is 10.5 Å². The molecule has 0 aliphatic carbocycles. The highest BCUT2D eigenvalue weighted by Gasteiger charge is 2.31. The summed E-state index contributed by atoms with van der Waals surface area (Å²) in [5.74, 6) is 0.259. The Morgan fingerprint density at radius 1 is 1.22 bits per heavy atom. The topological polar surface area (TPSA) is 105 Å². The van der Waals surface area contributed by atoms with Crippen LogP contribution in [0.2, 0.25) is 0 Å². The third-order valence-corrected chi connectivity index (χ3v) is 5.04. The van der Waals surface area contributed by atoms with Crippen molar-refractivity contribution in [3.8, 4) is 5.75 Å². The summed E-state index contributed by atoms with van der Waals surface area (Å²) < 4.78 is 5.59. The van der Waals surface area contributed by atoms with E-state index in [0.29, 0.717) is 30.9 Å². The lowest BCUT2D eigenvalue weighted by Gasteiger charge is -2.41. The van der Waals surface area contributed by atoms with Crippen molar-refractivity contribution in [3.63, 3.8) is 0 Å². The van der Waals surface area contributed by atoms with Crippen LogP contribution < -0.4 is 15.8 Å². The van der Waals surface area contributed by atoms with Crippen molar-refractivity contribution in [2.75, 3.05) is 39.3 Å². The third kappa shape index (κ3) is 4.97. The number of ether oxygens (including phenoxy) is 1. The van der Waals surface area contributed by atoms with E-state index in [-0.39, 0.29) is 30.9 Å². The molecule has 3 amide bonds. The number of hydrogen-bond donors (Lipinski definition) is 2. The second-order valence-electron chi connectivity index (χ2n) is 6.89. The molecule has 0 spiro atoms. The number of primary amides is 1. The predicted octanol–water partition coefficient (Wildman–Crippen LogP) is -0.0228. The van der Waals surface area contributed by atoms with Crippen molar-refractivity contribution < 1.29 is 19.1 Å². The minimum atomic E-state index is -0.487. The van der Waals surface area contributed by atoms with Gasteiger partial charge >= 0.3 is 0 Å². The average molecular weight is 374 g/mol. The van der Waals surface area contributed by atoms with Crippen molar-refractivity contribution in [2.24, 2.45) is 5.73 Å². The number of nitrogens with one attached hydrogen (secondary N) is 1. The zero-order valence-corrected chi connectivity index (χ0v) is 15.4. The Bertz CT molecular complexity index is 691. The zero-order valence-electron chi connectivity index (χ0n) is 15.4. The van der Waals surface area contributed by atoms with E-state index in [9.17, 15) is 14.4 Å². The van der Waals surface area contributed by atoms with Gasteiger partial charge in [-0.15, -0.1) is 0 Å². The molecule has 2 fully saturated rings. The maximum Gasteiger partial charge on any atom is 0.248 e. The molecular weight excluding hydrogens is 348 g/mol. The molecule has 2 aliphatic rings. The van der Waals surface area contributed by atoms with Crippen molar-refractivity contribution >= 4 is 17.7 Å². The lowest BCUT2D eigenvalue weighted by atomic mass is 10.0.